The molecule has 0 unspecified atom stereocenters. The van der Waals surface area contributed by atoms with Crippen molar-refractivity contribution in [3.05, 3.63) is 52.9 Å². The van der Waals surface area contributed by atoms with E-state index in [1.807, 2.05) is 0 Å². The van der Waals surface area contributed by atoms with E-state index in [0.717, 1.165) is 28.5 Å². The monoisotopic (exact) mass is 416 g/mol. The zero-order chi connectivity index (χ0) is 20.2. The Hall–Kier alpha value is -1.95. The maximum absolute atomic E-state index is 14.8. The highest BCUT2D eigenvalue weighted by Crippen LogP contribution is 2.37. The Balaban J connectivity index is 1.49. The van der Waals surface area contributed by atoms with Gasteiger partial charge in [-0.3, -0.25) is 4.90 Å². The van der Waals surface area contributed by atoms with E-state index in [2.05, 4.69) is 5.10 Å². The Morgan fingerprint density at radius 1 is 1.29 bits per heavy atom. The Morgan fingerprint density at radius 2 is 2.04 bits per heavy atom. The third-order valence-electron chi connectivity index (χ3n) is 5.14. The molecule has 0 amide bonds. The predicted octanol–water partition coefficient (Wildman–Crippen LogP) is 1.44. The van der Waals surface area contributed by atoms with Crippen molar-refractivity contribution in [2.24, 2.45) is 5.73 Å². The van der Waals surface area contributed by atoms with Crippen LogP contribution in [-0.2, 0) is 27.8 Å². The molecule has 2 aliphatic heterocycles. The lowest BCUT2D eigenvalue weighted by Gasteiger charge is -2.40. The molecule has 11 heteroatoms. The van der Waals surface area contributed by atoms with Crippen molar-refractivity contribution in [2.75, 3.05) is 6.26 Å². The van der Waals surface area contributed by atoms with Gasteiger partial charge in [0.25, 0.3) is 10.0 Å². The minimum atomic E-state index is -3.49. The number of aromatic nitrogens is 2. The SMILES string of the molecule is CS(=O)(=O)n1cc2c(n1)CN([C@@H]1C[C@H](N)[C@@H](c3cc(F)ccc3F)O[C@@H]1F)C2. The summed E-state index contributed by atoms with van der Waals surface area (Å²) < 4.78 is 71.7. The molecule has 0 bridgehead atoms. The largest absolute Gasteiger partial charge is 0.337 e. The minimum Gasteiger partial charge on any atom is -0.337 e. The first-order valence-electron chi connectivity index (χ1n) is 8.65. The van der Waals surface area contributed by atoms with E-state index in [-0.39, 0.29) is 18.5 Å². The first-order chi connectivity index (χ1) is 13.1. The second-order valence-corrected chi connectivity index (χ2v) is 9.02. The van der Waals surface area contributed by atoms with Crippen LogP contribution in [0.2, 0.25) is 0 Å². The lowest BCUT2D eigenvalue weighted by Crippen LogP contribution is -2.51. The van der Waals surface area contributed by atoms with Gasteiger partial charge in [0.1, 0.15) is 17.7 Å². The third-order valence-corrected chi connectivity index (χ3v) is 6.00. The van der Waals surface area contributed by atoms with Gasteiger partial charge in [-0.05, 0) is 24.6 Å². The maximum Gasteiger partial charge on any atom is 0.250 e. The van der Waals surface area contributed by atoms with Gasteiger partial charge in [0.15, 0.2) is 0 Å². The van der Waals surface area contributed by atoms with Gasteiger partial charge in [-0.1, -0.05) is 0 Å². The lowest BCUT2D eigenvalue weighted by atomic mass is 9.93. The maximum atomic E-state index is 14.8. The summed E-state index contributed by atoms with van der Waals surface area (Å²) in [7, 11) is -3.49. The van der Waals surface area contributed by atoms with Crippen LogP contribution in [0, 0.1) is 11.6 Å². The Labute approximate surface area is 159 Å². The van der Waals surface area contributed by atoms with Gasteiger partial charge in [0.05, 0.1) is 18.0 Å². The van der Waals surface area contributed by atoms with E-state index in [1.165, 1.54) is 6.20 Å². The molecule has 0 radical (unpaired) electrons. The smallest absolute Gasteiger partial charge is 0.250 e. The molecule has 7 nitrogen and oxygen atoms in total. The number of ether oxygens (including phenoxy) is 1. The standard InChI is InChI=1S/C17H19F3N4O3S/c1-28(25,26)24-7-9-6-23(8-14(9)22-24)15-5-13(21)16(27-17(15)20)11-4-10(18)2-3-12(11)19/h2-4,7,13,15-17H,5-6,8,21H2,1H3/t13-,15+,16+,17-/m0/s1. The van der Waals surface area contributed by atoms with Crippen LogP contribution in [0.1, 0.15) is 29.3 Å². The molecule has 0 aliphatic carbocycles. The van der Waals surface area contributed by atoms with Gasteiger partial charge >= 0.3 is 0 Å². The summed E-state index contributed by atoms with van der Waals surface area (Å²) in [5.41, 5.74) is 7.23. The second-order valence-electron chi connectivity index (χ2n) is 7.18. The summed E-state index contributed by atoms with van der Waals surface area (Å²) >= 11 is 0. The molecule has 28 heavy (non-hydrogen) atoms. The number of hydrogen-bond acceptors (Lipinski definition) is 6. The first-order valence-corrected chi connectivity index (χ1v) is 10.5. The molecule has 0 spiro atoms. The van der Waals surface area contributed by atoms with Crippen molar-refractivity contribution in [2.45, 2.75) is 44.1 Å². The van der Waals surface area contributed by atoms with Crippen LogP contribution in [0.3, 0.4) is 0 Å². The van der Waals surface area contributed by atoms with Crippen molar-refractivity contribution in [3.8, 4) is 0 Å². The number of benzene rings is 1. The molecule has 2 aromatic rings. The van der Waals surface area contributed by atoms with Gasteiger partial charge < -0.3 is 10.5 Å². The first kappa shape index (κ1) is 19.4. The summed E-state index contributed by atoms with van der Waals surface area (Å²) in [6.07, 6.45) is -0.241. The highest BCUT2D eigenvalue weighted by atomic mass is 32.2. The Bertz CT molecular complexity index is 990. The van der Waals surface area contributed by atoms with Crippen molar-refractivity contribution < 1.29 is 26.3 Å². The molecule has 152 valence electrons. The van der Waals surface area contributed by atoms with Crippen molar-refractivity contribution in [1.82, 2.24) is 14.1 Å². The van der Waals surface area contributed by atoms with E-state index < -0.39 is 46.2 Å². The average molecular weight is 416 g/mol. The van der Waals surface area contributed by atoms with Crippen LogP contribution < -0.4 is 5.73 Å². The van der Waals surface area contributed by atoms with Crippen LogP contribution in [0.15, 0.2) is 24.4 Å². The van der Waals surface area contributed by atoms with Crippen LogP contribution >= 0.6 is 0 Å². The highest BCUT2D eigenvalue weighted by Gasteiger charge is 2.43. The van der Waals surface area contributed by atoms with Gasteiger partial charge in [0, 0.05) is 36.5 Å². The molecular formula is C17H19F3N4O3S. The number of fused-ring (bicyclic) bond motifs is 1. The molecule has 4 rings (SSSR count). The molecule has 0 saturated carbocycles. The zero-order valence-electron chi connectivity index (χ0n) is 14.9. The third kappa shape index (κ3) is 3.43. The van der Waals surface area contributed by atoms with Gasteiger partial charge in [-0.15, -0.1) is 0 Å². The van der Waals surface area contributed by atoms with Crippen LogP contribution in [-0.4, -0.2) is 47.2 Å². The number of alkyl halides is 1. The van der Waals surface area contributed by atoms with Gasteiger partial charge in [-0.25, -0.2) is 21.6 Å². The van der Waals surface area contributed by atoms with E-state index in [9.17, 15) is 21.6 Å². The number of nitrogens with two attached hydrogens (primary N) is 1. The fourth-order valence-corrected chi connectivity index (χ4v) is 4.31. The lowest BCUT2D eigenvalue weighted by molar-refractivity contribution is -0.171. The number of rotatable bonds is 3. The van der Waals surface area contributed by atoms with Gasteiger partial charge in [0.2, 0.25) is 6.36 Å². The fraction of sp³-hybridized carbons (Fsp3) is 0.471. The summed E-state index contributed by atoms with van der Waals surface area (Å²) in [5, 5.41) is 4.04. The summed E-state index contributed by atoms with van der Waals surface area (Å²) in [6, 6.07) is 1.45. The molecule has 1 fully saturated rings. The summed E-state index contributed by atoms with van der Waals surface area (Å²) in [6.45, 7) is 0.545. The molecular weight excluding hydrogens is 397 g/mol. The normalized spacial score (nSPS) is 28.5. The molecule has 2 N–H and O–H groups in total. The van der Waals surface area contributed by atoms with E-state index in [0.29, 0.717) is 17.8 Å². The fourth-order valence-electron chi connectivity index (χ4n) is 3.75. The number of hydrogen-bond donors (Lipinski definition) is 1. The van der Waals surface area contributed by atoms with Gasteiger partial charge in [-0.2, -0.15) is 9.19 Å². The predicted molar refractivity (Wildman–Crippen MR) is 93.2 cm³/mol. The molecule has 4 atom stereocenters. The van der Waals surface area contributed by atoms with Crippen molar-refractivity contribution >= 4 is 10.0 Å². The molecule has 1 aromatic heterocycles. The summed E-state index contributed by atoms with van der Waals surface area (Å²) in [4.78, 5) is 1.76. The molecule has 2 aliphatic rings. The van der Waals surface area contributed by atoms with E-state index in [1.54, 1.807) is 4.90 Å². The Morgan fingerprint density at radius 3 is 2.71 bits per heavy atom. The molecule has 1 aromatic carbocycles. The van der Waals surface area contributed by atoms with E-state index >= 15 is 0 Å². The average Bonchev–Trinajstić information content (AvgIpc) is 3.17. The number of nitrogens with zero attached hydrogens (tertiary/aromatic N) is 3. The van der Waals surface area contributed by atoms with Crippen LogP contribution in [0.5, 0.6) is 0 Å². The zero-order valence-corrected chi connectivity index (χ0v) is 15.7. The quantitative estimate of drug-likeness (QED) is 0.814. The topological polar surface area (TPSA) is 90.5 Å². The molecule has 1 saturated heterocycles. The molecule has 3 heterocycles. The summed E-state index contributed by atoms with van der Waals surface area (Å²) in [5.74, 6) is -1.36. The second kappa shape index (κ2) is 6.83. The van der Waals surface area contributed by atoms with Crippen molar-refractivity contribution in [1.29, 1.82) is 0 Å². The number of halogens is 3. The minimum absolute atomic E-state index is 0.109. The van der Waals surface area contributed by atoms with Crippen LogP contribution in [0.25, 0.3) is 0 Å². The highest BCUT2D eigenvalue weighted by molar-refractivity contribution is 7.89. The van der Waals surface area contributed by atoms with Crippen molar-refractivity contribution in [3.63, 3.8) is 0 Å². The Kier molecular flexibility index (Phi) is 4.73. The van der Waals surface area contributed by atoms with Crippen LogP contribution in [0.4, 0.5) is 13.2 Å². The van der Waals surface area contributed by atoms with E-state index in [4.69, 9.17) is 10.5 Å².